The number of hydrogen-bond donors (Lipinski definition) is 2. The monoisotopic (exact) mass is 201 g/mol. The molecule has 0 saturated heterocycles. The number of amides is 1. The molecule has 14 heavy (non-hydrogen) atoms. The van der Waals surface area contributed by atoms with Crippen LogP contribution in [0.5, 0.6) is 0 Å². The number of aldehydes is 1. The summed E-state index contributed by atoms with van der Waals surface area (Å²) >= 11 is 0. The fourth-order valence-electron chi connectivity index (χ4n) is 1.04. The lowest BCUT2D eigenvalue weighted by atomic mass is 10.00. The number of carboxylic acids is 1. The number of rotatable bonds is 6. The molecule has 0 saturated carbocycles. The molecule has 0 rings (SSSR count). The van der Waals surface area contributed by atoms with Gasteiger partial charge in [-0.25, -0.2) is 0 Å². The van der Waals surface area contributed by atoms with E-state index in [0.29, 0.717) is 19.1 Å². The number of carboxylic acid groups (broad SMARTS) is 1. The normalized spacial score (nSPS) is 14.1. The van der Waals surface area contributed by atoms with Gasteiger partial charge in [0.1, 0.15) is 11.8 Å². The van der Waals surface area contributed by atoms with Crippen molar-refractivity contribution < 1.29 is 19.5 Å². The van der Waals surface area contributed by atoms with Gasteiger partial charge in [0.25, 0.3) is 0 Å². The van der Waals surface area contributed by atoms with E-state index in [9.17, 15) is 14.4 Å². The number of aliphatic carboxylic acids is 1. The van der Waals surface area contributed by atoms with Gasteiger partial charge in [0.05, 0.1) is 6.42 Å². The van der Waals surface area contributed by atoms with Gasteiger partial charge >= 0.3 is 5.97 Å². The van der Waals surface area contributed by atoms with Crippen molar-refractivity contribution in [2.75, 3.05) is 0 Å². The Labute approximate surface area is 82.5 Å². The van der Waals surface area contributed by atoms with E-state index in [1.54, 1.807) is 0 Å². The zero-order valence-corrected chi connectivity index (χ0v) is 8.37. The van der Waals surface area contributed by atoms with E-state index in [0.717, 1.165) is 0 Å². The molecule has 0 spiro atoms. The fourth-order valence-corrected chi connectivity index (χ4v) is 1.04. The molecule has 0 radical (unpaired) electrons. The Bertz CT molecular complexity index is 239. The maximum absolute atomic E-state index is 11.1. The van der Waals surface area contributed by atoms with E-state index in [-0.39, 0.29) is 5.91 Å². The summed E-state index contributed by atoms with van der Waals surface area (Å²) in [6.45, 7) is 3.22. The number of carbonyl (C=O) groups is 3. The van der Waals surface area contributed by atoms with Crippen LogP contribution in [0.25, 0.3) is 0 Å². The molecule has 1 amide bonds. The average Bonchev–Trinajstić information content (AvgIpc) is 2.02. The third-order valence-electron chi connectivity index (χ3n) is 1.68. The molecule has 0 aromatic carbocycles. The molecule has 0 aliphatic heterocycles. The van der Waals surface area contributed by atoms with Crippen LogP contribution in [0, 0.1) is 0 Å². The fraction of sp³-hybridized carbons (Fsp3) is 0.667. The molecule has 2 N–H and O–H groups in total. The van der Waals surface area contributed by atoms with Gasteiger partial charge in [0, 0.05) is 6.42 Å². The van der Waals surface area contributed by atoms with Gasteiger partial charge in [-0.2, -0.15) is 0 Å². The summed E-state index contributed by atoms with van der Waals surface area (Å²) in [5.41, 5.74) is -1.29. The summed E-state index contributed by atoms with van der Waals surface area (Å²) in [7, 11) is 0. The van der Waals surface area contributed by atoms with Crippen molar-refractivity contribution in [3.8, 4) is 0 Å². The van der Waals surface area contributed by atoms with Gasteiger partial charge in [0.15, 0.2) is 0 Å². The molecule has 5 heteroatoms. The number of carbonyl (C=O) groups excluding carboxylic acids is 2. The van der Waals surface area contributed by atoms with E-state index < -0.39 is 17.9 Å². The van der Waals surface area contributed by atoms with Gasteiger partial charge in [0.2, 0.25) is 5.91 Å². The lowest BCUT2D eigenvalue weighted by Gasteiger charge is -2.22. The Kier molecular flexibility index (Phi) is 4.83. The van der Waals surface area contributed by atoms with Crippen LogP contribution in [-0.4, -0.2) is 28.8 Å². The first kappa shape index (κ1) is 12.6. The van der Waals surface area contributed by atoms with E-state index in [1.807, 2.05) is 6.92 Å². The van der Waals surface area contributed by atoms with E-state index in [4.69, 9.17) is 5.11 Å². The van der Waals surface area contributed by atoms with Crippen molar-refractivity contribution in [1.82, 2.24) is 5.32 Å². The highest BCUT2D eigenvalue weighted by Crippen LogP contribution is 2.06. The van der Waals surface area contributed by atoms with Crippen LogP contribution < -0.4 is 5.32 Å². The summed E-state index contributed by atoms with van der Waals surface area (Å²) in [6.07, 6.45) is 1.01. The van der Waals surface area contributed by atoms with E-state index in [2.05, 4.69) is 5.32 Å². The Morgan fingerprint density at radius 3 is 2.43 bits per heavy atom. The molecular formula is C9H15NO4. The lowest BCUT2D eigenvalue weighted by Crippen LogP contribution is -2.48. The summed E-state index contributed by atoms with van der Waals surface area (Å²) in [5.74, 6) is -1.42. The van der Waals surface area contributed by atoms with Crippen LogP contribution in [0.1, 0.15) is 33.1 Å². The third-order valence-corrected chi connectivity index (χ3v) is 1.68. The van der Waals surface area contributed by atoms with Gasteiger partial charge in [-0.1, -0.05) is 6.92 Å². The Morgan fingerprint density at radius 2 is 2.07 bits per heavy atom. The Hall–Kier alpha value is -1.39. The summed E-state index contributed by atoms with van der Waals surface area (Å²) in [4.78, 5) is 32.2. The van der Waals surface area contributed by atoms with Gasteiger partial charge in [-0.15, -0.1) is 0 Å². The topological polar surface area (TPSA) is 83.5 Å². The van der Waals surface area contributed by atoms with Crippen LogP contribution in [0.4, 0.5) is 0 Å². The first-order valence-electron chi connectivity index (χ1n) is 4.42. The molecular weight excluding hydrogens is 186 g/mol. The highest BCUT2D eigenvalue weighted by Gasteiger charge is 2.28. The molecule has 0 fully saturated rings. The summed E-state index contributed by atoms with van der Waals surface area (Å²) in [5, 5.41) is 10.9. The van der Waals surface area contributed by atoms with E-state index in [1.165, 1.54) is 6.92 Å². The van der Waals surface area contributed by atoms with Crippen molar-refractivity contribution in [3.63, 3.8) is 0 Å². The van der Waals surface area contributed by atoms with Gasteiger partial charge < -0.3 is 15.2 Å². The molecule has 0 aromatic heterocycles. The van der Waals surface area contributed by atoms with Crippen molar-refractivity contribution in [2.45, 2.75) is 38.6 Å². The second kappa shape index (κ2) is 5.36. The molecule has 0 unspecified atom stereocenters. The first-order valence-corrected chi connectivity index (χ1v) is 4.42. The molecule has 5 nitrogen and oxygen atoms in total. The molecule has 80 valence electrons. The zero-order valence-electron chi connectivity index (χ0n) is 8.37. The lowest BCUT2D eigenvalue weighted by molar-refractivity contribution is -0.140. The van der Waals surface area contributed by atoms with Crippen molar-refractivity contribution in [2.24, 2.45) is 0 Å². The largest absolute Gasteiger partial charge is 0.481 e. The highest BCUT2D eigenvalue weighted by molar-refractivity contribution is 5.84. The number of nitrogens with one attached hydrogen (secondary N) is 1. The minimum absolute atomic E-state index is 0.295. The maximum Gasteiger partial charge on any atom is 0.306 e. The minimum atomic E-state index is -1.29. The first-order chi connectivity index (χ1) is 6.43. The maximum atomic E-state index is 11.1. The standard InChI is InChI=1S/C9H15NO4/c1-3-4-7(12)10-9(2,6-11)5-8(13)14/h6H,3-5H2,1-2H3,(H,10,12)(H,13,14)/t9-/m1/s1. The molecule has 0 aliphatic carbocycles. The van der Waals surface area contributed by atoms with Crippen LogP contribution in [0.3, 0.4) is 0 Å². The summed E-state index contributed by atoms with van der Waals surface area (Å²) < 4.78 is 0. The number of hydrogen-bond acceptors (Lipinski definition) is 3. The second-order valence-electron chi connectivity index (χ2n) is 3.40. The second-order valence-corrected chi connectivity index (χ2v) is 3.40. The average molecular weight is 201 g/mol. The molecule has 0 heterocycles. The highest BCUT2D eigenvalue weighted by atomic mass is 16.4. The third kappa shape index (κ3) is 4.59. The van der Waals surface area contributed by atoms with Crippen LogP contribution >= 0.6 is 0 Å². The van der Waals surface area contributed by atoms with E-state index >= 15 is 0 Å². The smallest absolute Gasteiger partial charge is 0.306 e. The van der Waals surface area contributed by atoms with Crippen LogP contribution in [0.15, 0.2) is 0 Å². The molecule has 1 atom stereocenters. The Balaban J connectivity index is 4.31. The zero-order chi connectivity index (χ0) is 11.2. The SMILES string of the molecule is CCCC(=O)N[C@@](C)(C=O)CC(=O)O. The molecule has 0 bridgehead atoms. The molecule has 0 aliphatic rings. The summed E-state index contributed by atoms with van der Waals surface area (Å²) in [6, 6.07) is 0. The van der Waals surface area contributed by atoms with Gasteiger partial charge in [-0.05, 0) is 13.3 Å². The van der Waals surface area contributed by atoms with Crippen molar-refractivity contribution in [1.29, 1.82) is 0 Å². The predicted molar refractivity (Wildman–Crippen MR) is 49.8 cm³/mol. The van der Waals surface area contributed by atoms with Crippen LogP contribution in [-0.2, 0) is 14.4 Å². The van der Waals surface area contributed by atoms with Crippen LogP contribution in [0.2, 0.25) is 0 Å². The van der Waals surface area contributed by atoms with Crippen molar-refractivity contribution in [3.05, 3.63) is 0 Å². The van der Waals surface area contributed by atoms with Crippen molar-refractivity contribution >= 4 is 18.2 Å². The Morgan fingerprint density at radius 1 is 1.50 bits per heavy atom. The van der Waals surface area contributed by atoms with Gasteiger partial charge in [-0.3, -0.25) is 9.59 Å². The molecule has 0 aromatic rings. The minimum Gasteiger partial charge on any atom is -0.481 e. The quantitative estimate of drug-likeness (QED) is 0.607. The predicted octanol–water partition coefficient (Wildman–Crippen LogP) is 0.335.